The number of hydrogen-bond donors (Lipinski definition) is 1. The Bertz CT molecular complexity index is 430. The van der Waals surface area contributed by atoms with Crippen LogP contribution in [0.15, 0.2) is 24.3 Å². The van der Waals surface area contributed by atoms with Crippen molar-refractivity contribution in [3.05, 3.63) is 34.9 Å². The number of carbonyl (C=O) groups is 1. The molecule has 2 N–H and O–H groups in total. The Labute approximate surface area is 112 Å². The van der Waals surface area contributed by atoms with Crippen LogP contribution in [0.5, 0.6) is 0 Å². The van der Waals surface area contributed by atoms with Crippen LogP contribution >= 0.6 is 11.6 Å². The zero-order chi connectivity index (χ0) is 13.1. The number of rotatable bonds is 3. The van der Waals surface area contributed by atoms with Gasteiger partial charge in [0.25, 0.3) is 0 Å². The Kier molecular flexibility index (Phi) is 4.22. The van der Waals surface area contributed by atoms with Crippen LogP contribution in [0.25, 0.3) is 0 Å². The molecule has 0 saturated carbocycles. The van der Waals surface area contributed by atoms with Crippen molar-refractivity contribution >= 4 is 17.5 Å². The molecule has 98 valence electrons. The molecule has 1 heterocycles. The third kappa shape index (κ3) is 3.02. The third-order valence-corrected chi connectivity index (χ3v) is 3.57. The first-order valence-corrected chi connectivity index (χ1v) is 6.43. The zero-order valence-electron chi connectivity index (χ0n) is 10.5. The van der Waals surface area contributed by atoms with Crippen LogP contribution in [0.3, 0.4) is 0 Å². The molecule has 18 heavy (non-hydrogen) atoms. The summed E-state index contributed by atoms with van der Waals surface area (Å²) in [6.45, 7) is 3.59. The van der Waals surface area contributed by atoms with E-state index in [1.165, 1.54) is 0 Å². The van der Waals surface area contributed by atoms with E-state index in [0.717, 1.165) is 31.7 Å². The van der Waals surface area contributed by atoms with Gasteiger partial charge in [-0.3, -0.25) is 9.69 Å². The van der Waals surface area contributed by atoms with Gasteiger partial charge < -0.3 is 10.6 Å². The van der Waals surface area contributed by atoms with Gasteiger partial charge in [-0.2, -0.15) is 0 Å². The highest BCUT2D eigenvalue weighted by molar-refractivity contribution is 6.30. The molecule has 4 nitrogen and oxygen atoms in total. The molecular formula is C13H18ClN3O. The van der Waals surface area contributed by atoms with Crippen molar-refractivity contribution in [3.8, 4) is 0 Å². The van der Waals surface area contributed by atoms with Gasteiger partial charge in [-0.05, 0) is 24.7 Å². The van der Waals surface area contributed by atoms with Crippen molar-refractivity contribution in [2.75, 3.05) is 33.2 Å². The van der Waals surface area contributed by atoms with E-state index >= 15 is 0 Å². The summed E-state index contributed by atoms with van der Waals surface area (Å²) in [6.07, 6.45) is 0. The van der Waals surface area contributed by atoms with E-state index in [4.69, 9.17) is 17.3 Å². The molecule has 1 saturated heterocycles. The Hall–Kier alpha value is -1.10. The molecule has 5 heteroatoms. The Balaban J connectivity index is 2.21. The van der Waals surface area contributed by atoms with E-state index in [9.17, 15) is 4.79 Å². The zero-order valence-corrected chi connectivity index (χ0v) is 11.2. The monoisotopic (exact) mass is 267 g/mol. The summed E-state index contributed by atoms with van der Waals surface area (Å²) >= 11 is 5.98. The van der Waals surface area contributed by atoms with Crippen molar-refractivity contribution in [1.29, 1.82) is 0 Å². The van der Waals surface area contributed by atoms with E-state index in [-0.39, 0.29) is 11.9 Å². The van der Waals surface area contributed by atoms with Gasteiger partial charge in [0.15, 0.2) is 0 Å². The maximum atomic E-state index is 11.7. The first-order chi connectivity index (χ1) is 8.58. The predicted octanol–water partition coefficient (Wildman–Crippen LogP) is 1.11. The minimum absolute atomic E-state index is 0.318. The lowest BCUT2D eigenvalue weighted by molar-refractivity contribution is -0.124. The first kappa shape index (κ1) is 13.3. The lowest BCUT2D eigenvalue weighted by Crippen LogP contribution is -2.49. The Morgan fingerprint density at radius 3 is 2.56 bits per heavy atom. The van der Waals surface area contributed by atoms with Gasteiger partial charge in [-0.1, -0.05) is 23.7 Å². The number of halogens is 1. The Morgan fingerprint density at radius 1 is 1.33 bits per heavy atom. The third-order valence-electron chi connectivity index (χ3n) is 3.34. The summed E-state index contributed by atoms with van der Waals surface area (Å²) in [5, 5.41) is 0.632. The van der Waals surface area contributed by atoms with Crippen LogP contribution in [0.4, 0.5) is 0 Å². The van der Waals surface area contributed by atoms with Crippen LogP contribution < -0.4 is 5.73 Å². The maximum Gasteiger partial charge on any atom is 0.239 e. The van der Waals surface area contributed by atoms with Gasteiger partial charge in [0, 0.05) is 31.2 Å². The number of likely N-dealkylation sites (N-methyl/N-ethyl adjacent to an activating group) is 1. The van der Waals surface area contributed by atoms with Crippen molar-refractivity contribution in [1.82, 2.24) is 9.80 Å². The van der Waals surface area contributed by atoms with Gasteiger partial charge in [0.1, 0.15) is 6.04 Å². The summed E-state index contributed by atoms with van der Waals surface area (Å²) in [5.41, 5.74) is 6.42. The lowest BCUT2D eigenvalue weighted by Gasteiger charge is -2.36. The normalized spacial score (nSPS) is 19.7. The number of primary amides is 1. The SMILES string of the molecule is CN1CCN(C(C(N)=O)c2cccc(Cl)c2)CC1. The number of piperazine rings is 1. The maximum absolute atomic E-state index is 11.7. The van der Waals surface area contributed by atoms with E-state index in [0.29, 0.717) is 5.02 Å². The van der Waals surface area contributed by atoms with Crippen molar-refractivity contribution in [3.63, 3.8) is 0 Å². The van der Waals surface area contributed by atoms with Crippen LogP contribution in [-0.2, 0) is 4.79 Å². The number of nitrogens with zero attached hydrogens (tertiary/aromatic N) is 2. The van der Waals surface area contributed by atoms with Crippen LogP contribution in [0.1, 0.15) is 11.6 Å². The minimum atomic E-state index is -0.377. The molecule has 1 amide bonds. The molecule has 0 spiro atoms. The second-order valence-electron chi connectivity index (χ2n) is 4.70. The van der Waals surface area contributed by atoms with Gasteiger partial charge in [0.05, 0.1) is 0 Å². The number of amides is 1. The highest BCUT2D eigenvalue weighted by atomic mass is 35.5. The molecule has 0 aliphatic carbocycles. The van der Waals surface area contributed by atoms with E-state index in [2.05, 4.69) is 16.8 Å². The fraction of sp³-hybridized carbons (Fsp3) is 0.462. The van der Waals surface area contributed by atoms with Crippen LogP contribution in [0.2, 0.25) is 5.02 Å². The predicted molar refractivity (Wildman–Crippen MR) is 72.5 cm³/mol. The number of carbonyl (C=O) groups excluding carboxylic acids is 1. The van der Waals surface area contributed by atoms with Gasteiger partial charge in [-0.25, -0.2) is 0 Å². The summed E-state index contributed by atoms with van der Waals surface area (Å²) in [7, 11) is 2.08. The van der Waals surface area contributed by atoms with E-state index < -0.39 is 0 Å². The standard InChI is InChI=1S/C13H18ClN3O/c1-16-5-7-17(8-6-16)12(13(15)18)10-3-2-4-11(14)9-10/h2-4,9,12H,5-8H2,1H3,(H2,15,18). The topological polar surface area (TPSA) is 49.6 Å². The molecule has 0 aromatic heterocycles. The summed E-state index contributed by atoms with van der Waals surface area (Å²) in [5.74, 6) is -0.318. The molecule has 1 aliphatic heterocycles. The second-order valence-corrected chi connectivity index (χ2v) is 5.14. The van der Waals surface area contributed by atoms with E-state index in [1.54, 1.807) is 6.07 Å². The van der Waals surface area contributed by atoms with Gasteiger partial charge in [-0.15, -0.1) is 0 Å². The summed E-state index contributed by atoms with van der Waals surface area (Å²) < 4.78 is 0. The molecule has 1 aliphatic rings. The highest BCUT2D eigenvalue weighted by Gasteiger charge is 2.28. The van der Waals surface area contributed by atoms with Gasteiger partial charge in [0.2, 0.25) is 5.91 Å². The molecule has 0 radical (unpaired) electrons. The van der Waals surface area contributed by atoms with Crippen molar-refractivity contribution in [2.45, 2.75) is 6.04 Å². The summed E-state index contributed by atoms with van der Waals surface area (Å²) in [6, 6.07) is 6.99. The lowest BCUT2D eigenvalue weighted by atomic mass is 10.0. The van der Waals surface area contributed by atoms with E-state index in [1.807, 2.05) is 18.2 Å². The average Bonchev–Trinajstić information content (AvgIpc) is 2.32. The molecular weight excluding hydrogens is 250 g/mol. The number of nitrogens with two attached hydrogens (primary N) is 1. The smallest absolute Gasteiger partial charge is 0.239 e. The van der Waals surface area contributed by atoms with Crippen molar-refractivity contribution < 1.29 is 4.79 Å². The van der Waals surface area contributed by atoms with Crippen molar-refractivity contribution in [2.24, 2.45) is 5.73 Å². The molecule has 1 unspecified atom stereocenters. The Morgan fingerprint density at radius 2 is 2.00 bits per heavy atom. The number of hydrogen-bond acceptors (Lipinski definition) is 3. The number of benzene rings is 1. The fourth-order valence-electron chi connectivity index (χ4n) is 2.31. The molecule has 1 atom stereocenters. The molecule has 1 aromatic carbocycles. The van der Waals surface area contributed by atoms with Gasteiger partial charge >= 0.3 is 0 Å². The molecule has 1 fully saturated rings. The largest absolute Gasteiger partial charge is 0.368 e. The molecule has 1 aromatic rings. The molecule has 0 bridgehead atoms. The summed E-state index contributed by atoms with van der Waals surface area (Å²) in [4.78, 5) is 16.1. The average molecular weight is 268 g/mol. The molecule has 2 rings (SSSR count). The fourth-order valence-corrected chi connectivity index (χ4v) is 2.51. The van der Waals surface area contributed by atoms with Crippen LogP contribution in [0, 0.1) is 0 Å². The quantitative estimate of drug-likeness (QED) is 0.893. The first-order valence-electron chi connectivity index (χ1n) is 6.05. The highest BCUT2D eigenvalue weighted by Crippen LogP contribution is 2.24. The minimum Gasteiger partial charge on any atom is -0.368 e. The van der Waals surface area contributed by atoms with Crippen LogP contribution in [-0.4, -0.2) is 48.9 Å². The second kappa shape index (κ2) is 5.69.